The highest BCUT2D eigenvalue weighted by Gasteiger charge is 2.05. The van der Waals surface area contributed by atoms with E-state index >= 15 is 0 Å². The molecule has 88 valence electrons. The van der Waals surface area contributed by atoms with Gasteiger partial charge in [0.15, 0.2) is 0 Å². The Morgan fingerprint density at radius 1 is 1.18 bits per heavy atom. The fourth-order valence-corrected chi connectivity index (χ4v) is 1.55. The number of benzene rings is 1. The van der Waals surface area contributed by atoms with E-state index in [1.807, 2.05) is 6.92 Å². The number of ether oxygens (including phenoxy) is 1. The van der Waals surface area contributed by atoms with Crippen LogP contribution in [0.3, 0.4) is 0 Å². The molecule has 0 aliphatic rings. The van der Waals surface area contributed by atoms with Crippen LogP contribution in [-0.2, 0) is 0 Å². The maximum absolute atomic E-state index is 13.1. The second kappa shape index (κ2) is 4.72. The fraction of sp³-hybridized carbons (Fsp3) is 0.154. The first kappa shape index (κ1) is 11.9. The Kier molecular flexibility index (Phi) is 3.29. The molecule has 0 unspecified atom stereocenters. The van der Waals surface area contributed by atoms with Crippen molar-refractivity contribution in [3.63, 3.8) is 0 Å². The van der Waals surface area contributed by atoms with E-state index < -0.39 is 0 Å². The predicted molar refractivity (Wildman–Crippen MR) is 65.2 cm³/mol. The Balaban J connectivity index is 2.31. The summed E-state index contributed by atoms with van der Waals surface area (Å²) in [5.41, 5.74) is 1.41. The van der Waals surface area contributed by atoms with Crippen LogP contribution in [-0.4, -0.2) is 4.98 Å². The molecule has 2 rings (SSSR count). The van der Waals surface area contributed by atoms with Gasteiger partial charge in [0.2, 0.25) is 0 Å². The molecule has 0 saturated carbocycles. The molecule has 4 heteroatoms. The smallest absolute Gasteiger partial charge is 0.134 e. The van der Waals surface area contributed by atoms with Crippen molar-refractivity contribution >= 4 is 11.6 Å². The van der Waals surface area contributed by atoms with E-state index in [0.717, 1.165) is 5.56 Å². The molecule has 0 amide bonds. The van der Waals surface area contributed by atoms with E-state index in [1.165, 1.54) is 6.07 Å². The van der Waals surface area contributed by atoms with Crippen molar-refractivity contribution in [3.8, 4) is 11.5 Å². The molecule has 2 aromatic rings. The second-order valence-electron chi connectivity index (χ2n) is 3.79. The van der Waals surface area contributed by atoms with Crippen LogP contribution in [0, 0.1) is 19.7 Å². The summed E-state index contributed by atoms with van der Waals surface area (Å²) in [7, 11) is 0. The van der Waals surface area contributed by atoms with Crippen molar-refractivity contribution in [2.75, 3.05) is 0 Å². The number of aromatic nitrogens is 1. The molecule has 0 atom stereocenters. The predicted octanol–water partition coefficient (Wildman–Crippen LogP) is 4.28. The molecular formula is C13H11ClFNO. The Hall–Kier alpha value is -1.61. The molecule has 0 spiro atoms. The third-order valence-electron chi connectivity index (χ3n) is 2.38. The summed E-state index contributed by atoms with van der Waals surface area (Å²) in [6.45, 7) is 3.56. The van der Waals surface area contributed by atoms with Crippen molar-refractivity contribution in [1.29, 1.82) is 0 Å². The van der Waals surface area contributed by atoms with E-state index in [0.29, 0.717) is 22.2 Å². The summed E-state index contributed by atoms with van der Waals surface area (Å²) in [6, 6.07) is 6.23. The molecular weight excluding hydrogens is 241 g/mol. The van der Waals surface area contributed by atoms with Gasteiger partial charge in [-0.05, 0) is 37.6 Å². The lowest BCUT2D eigenvalue weighted by atomic mass is 10.2. The van der Waals surface area contributed by atoms with Gasteiger partial charge < -0.3 is 4.74 Å². The minimum Gasteiger partial charge on any atom is -0.457 e. The number of hydrogen-bond acceptors (Lipinski definition) is 2. The number of halogens is 2. The van der Waals surface area contributed by atoms with Crippen molar-refractivity contribution in [2.45, 2.75) is 13.8 Å². The third kappa shape index (κ3) is 2.74. The first-order valence-electron chi connectivity index (χ1n) is 5.12. The average molecular weight is 252 g/mol. The van der Waals surface area contributed by atoms with Gasteiger partial charge in [0.25, 0.3) is 0 Å². The number of nitrogens with zero attached hydrogens (tertiary/aromatic N) is 1. The van der Waals surface area contributed by atoms with E-state index in [1.54, 1.807) is 31.3 Å². The Morgan fingerprint density at radius 3 is 2.65 bits per heavy atom. The summed E-state index contributed by atoms with van der Waals surface area (Å²) in [6.07, 6.45) is 1.63. The fourth-order valence-electron chi connectivity index (χ4n) is 1.40. The second-order valence-corrected chi connectivity index (χ2v) is 4.17. The van der Waals surface area contributed by atoms with Crippen molar-refractivity contribution in [3.05, 3.63) is 52.6 Å². The molecule has 0 aliphatic heterocycles. The molecule has 0 fully saturated rings. The lowest BCUT2D eigenvalue weighted by Crippen LogP contribution is -1.91. The number of pyridine rings is 1. The zero-order chi connectivity index (χ0) is 12.4. The van der Waals surface area contributed by atoms with Crippen LogP contribution in [0.25, 0.3) is 0 Å². The highest BCUT2D eigenvalue weighted by atomic mass is 35.5. The van der Waals surface area contributed by atoms with Gasteiger partial charge in [-0.2, -0.15) is 0 Å². The molecule has 1 aromatic carbocycles. The summed E-state index contributed by atoms with van der Waals surface area (Å²) in [4.78, 5) is 3.94. The van der Waals surface area contributed by atoms with Gasteiger partial charge in [-0.25, -0.2) is 9.37 Å². The molecule has 0 aliphatic carbocycles. The van der Waals surface area contributed by atoms with Crippen LogP contribution in [0.1, 0.15) is 11.1 Å². The van der Waals surface area contributed by atoms with Crippen LogP contribution < -0.4 is 4.74 Å². The molecule has 17 heavy (non-hydrogen) atoms. The lowest BCUT2D eigenvalue weighted by Gasteiger charge is -2.09. The molecule has 1 aromatic heterocycles. The summed E-state index contributed by atoms with van der Waals surface area (Å²) in [5.74, 6) is 0.951. The SMILES string of the molecule is Cc1cc(Oc2cc(Cl)ncc2C)ccc1F. The van der Waals surface area contributed by atoms with E-state index in [2.05, 4.69) is 4.98 Å². The summed E-state index contributed by atoms with van der Waals surface area (Å²) < 4.78 is 18.7. The number of hydrogen-bond donors (Lipinski definition) is 0. The highest BCUT2D eigenvalue weighted by molar-refractivity contribution is 6.29. The van der Waals surface area contributed by atoms with Gasteiger partial charge in [0, 0.05) is 17.8 Å². The minimum atomic E-state index is -0.248. The highest BCUT2D eigenvalue weighted by Crippen LogP contribution is 2.27. The van der Waals surface area contributed by atoms with Crippen molar-refractivity contribution < 1.29 is 9.13 Å². The van der Waals surface area contributed by atoms with Crippen LogP contribution >= 0.6 is 11.6 Å². The molecule has 2 nitrogen and oxygen atoms in total. The van der Waals surface area contributed by atoms with Crippen LogP contribution in [0.15, 0.2) is 30.5 Å². The van der Waals surface area contributed by atoms with E-state index in [9.17, 15) is 4.39 Å². The molecule has 1 heterocycles. The van der Waals surface area contributed by atoms with Crippen LogP contribution in [0.5, 0.6) is 11.5 Å². The van der Waals surface area contributed by atoms with Gasteiger partial charge in [-0.3, -0.25) is 0 Å². The van der Waals surface area contributed by atoms with Gasteiger partial charge in [0.05, 0.1) is 0 Å². The molecule has 0 N–H and O–H groups in total. The van der Waals surface area contributed by atoms with Gasteiger partial charge in [-0.1, -0.05) is 11.6 Å². The first-order valence-corrected chi connectivity index (χ1v) is 5.50. The third-order valence-corrected chi connectivity index (χ3v) is 2.58. The van der Waals surface area contributed by atoms with Crippen LogP contribution in [0.4, 0.5) is 4.39 Å². The zero-order valence-corrected chi connectivity index (χ0v) is 10.3. The molecule has 0 bridgehead atoms. The average Bonchev–Trinajstić information content (AvgIpc) is 2.29. The Bertz CT molecular complexity index is 557. The van der Waals surface area contributed by atoms with Crippen LogP contribution in [0.2, 0.25) is 5.15 Å². The first-order chi connectivity index (χ1) is 8.06. The quantitative estimate of drug-likeness (QED) is 0.743. The van der Waals surface area contributed by atoms with E-state index in [4.69, 9.17) is 16.3 Å². The monoisotopic (exact) mass is 251 g/mol. The largest absolute Gasteiger partial charge is 0.457 e. The van der Waals surface area contributed by atoms with Gasteiger partial charge in [-0.15, -0.1) is 0 Å². The molecule has 0 saturated heterocycles. The topological polar surface area (TPSA) is 22.1 Å². The zero-order valence-electron chi connectivity index (χ0n) is 9.50. The minimum absolute atomic E-state index is 0.248. The maximum Gasteiger partial charge on any atom is 0.134 e. The summed E-state index contributed by atoms with van der Waals surface area (Å²) >= 11 is 5.79. The number of rotatable bonds is 2. The standard InChI is InChI=1S/C13H11ClFNO/c1-8-5-10(3-4-11(8)15)17-12-6-13(14)16-7-9(12)2/h3-7H,1-2H3. The maximum atomic E-state index is 13.1. The Morgan fingerprint density at radius 2 is 1.94 bits per heavy atom. The number of aryl methyl sites for hydroxylation is 2. The van der Waals surface area contributed by atoms with E-state index in [-0.39, 0.29) is 5.82 Å². The van der Waals surface area contributed by atoms with Crippen molar-refractivity contribution in [1.82, 2.24) is 4.98 Å². The summed E-state index contributed by atoms with van der Waals surface area (Å²) in [5, 5.41) is 0.365. The molecule has 0 radical (unpaired) electrons. The Labute approximate surface area is 104 Å². The van der Waals surface area contributed by atoms with Gasteiger partial charge >= 0.3 is 0 Å². The lowest BCUT2D eigenvalue weighted by molar-refractivity contribution is 0.475. The van der Waals surface area contributed by atoms with Crippen molar-refractivity contribution in [2.24, 2.45) is 0 Å². The normalized spacial score (nSPS) is 10.4. The van der Waals surface area contributed by atoms with Gasteiger partial charge in [0.1, 0.15) is 22.5 Å².